The average molecular weight is 354 g/mol. The second-order valence-corrected chi connectivity index (χ2v) is 7.73. The molecule has 0 bridgehead atoms. The van der Waals surface area contributed by atoms with Crippen molar-refractivity contribution in [2.75, 3.05) is 0 Å². The van der Waals surface area contributed by atoms with Gasteiger partial charge < -0.3 is 0 Å². The fraction of sp³-hybridized carbons (Fsp3) is 0.316. The lowest BCUT2D eigenvalue weighted by Gasteiger charge is -2.10. The van der Waals surface area contributed by atoms with Crippen LogP contribution in [0, 0.1) is 33.5 Å². The maximum Gasteiger partial charge on any atom is 0.162 e. The molecule has 0 amide bonds. The van der Waals surface area contributed by atoms with Crippen LogP contribution >= 0.6 is 11.3 Å². The normalized spacial score (nSPS) is 16.2. The van der Waals surface area contributed by atoms with Crippen LogP contribution in [-0.2, 0) is 0 Å². The number of hydrogen-bond donors (Lipinski definition) is 0. The van der Waals surface area contributed by atoms with Crippen LogP contribution in [0.2, 0.25) is 0 Å². The minimum atomic E-state index is -0.209. The van der Waals surface area contributed by atoms with Crippen LogP contribution in [-0.4, -0.2) is 20.5 Å². The van der Waals surface area contributed by atoms with Gasteiger partial charge in [0.2, 0.25) is 0 Å². The molecule has 1 aliphatic heterocycles. The van der Waals surface area contributed by atoms with Gasteiger partial charge in [0.25, 0.3) is 0 Å². The lowest BCUT2D eigenvalue weighted by Crippen LogP contribution is -2.08. The monoisotopic (exact) mass is 354 g/mol. The Morgan fingerprint density at radius 3 is 2.60 bits per heavy atom. The Morgan fingerprint density at radius 2 is 1.88 bits per heavy atom. The highest BCUT2D eigenvalue weighted by Gasteiger charge is 2.29. The van der Waals surface area contributed by atoms with Gasteiger partial charge in [0.1, 0.15) is 22.7 Å². The molecule has 1 aromatic carbocycles. The van der Waals surface area contributed by atoms with Gasteiger partial charge >= 0.3 is 0 Å². The molecule has 0 saturated carbocycles. The molecule has 0 aliphatic carbocycles. The zero-order chi connectivity index (χ0) is 17.9. The first kappa shape index (κ1) is 16.1. The summed E-state index contributed by atoms with van der Waals surface area (Å²) in [5.41, 5.74) is 4.49. The molecule has 3 aromatic rings. The molecular formula is C19H19FN4S. The first-order valence-corrected chi connectivity index (χ1v) is 9.07. The Morgan fingerprint density at radius 1 is 1.12 bits per heavy atom. The summed E-state index contributed by atoms with van der Waals surface area (Å²) in [6, 6.07) is 5.18. The summed E-state index contributed by atoms with van der Waals surface area (Å²) in [5.74, 6) is 1.46. The molecule has 0 fully saturated rings. The Balaban J connectivity index is 2.05. The van der Waals surface area contributed by atoms with Crippen molar-refractivity contribution in [2.45, 2.75) is 40.7 Å². The number of benzene rings is 1. The van der Waals surface area contributed by atoms with Gasteiger partial charge in [0.05, 0.1) is 5.71 Å². The molecule has 1 unspecified atom stereocenters. The summed E-state index contributed by atoms with van der Waals surface area (Å²) < 4.78 is 16.3. The molecule has 4 nitrogen and oxygen atoms in total. The molecule has 128 valence electrons. The molecule has 0 spiro atoms. The lowest BCUT2D eigenvalue weighted by molar-refractivity contribution is 0.618. The number of aryl methyl sites for hydroxylation is 3. The summed E-state index contributed by atoms with van der Waals surface area (Å²) in [6.45, 7) is 9.93. The number of nitrogens with zero attached hydrogens (tertiary/aromatic N) is 4. The van der Waals surface area contributed by atoms with Crippen LogP contribution in [0.3, 0.4) is 0 Å². The third kappa shape index (κ3) is 2.35. The highest BCUT2D eigenvalue weighted by atomic mass is 32.1. The maximum absolute atomic E-state index is 14.2. The molecular weight excluding hydrogens is 335 g/mol. The third-order valence-corrected chi connectivity index (χ3v) is 5.99. The van der Waals surface area contributed by atoms with Crippen LogP contribution < -0.4 is 0 Å². The first-order valence-electron chi connectivity index (χ1n) is 8.25. The van der Waals surface area contributed by atoms with Gasteiger partial charge in [-0.3, -0.25) is 9.56 Å². The summed E-state index contributed by atoms with van der Waals surface area (Å²) in [5, 5.41) is 9.64. The van der Waals surface area contributed by atoms with E-state index in [4.69, 9.17) is 4.99 Å². The number of hydrogen-bond acceptors (Lipinski definition) is 4. The van der Waals surface area contributed by atoms with Crippen molar-refractivity contribution >= 4 is 17.0 Å². The summed E-state index contributed by atoms with van der Waals surface area (Å²) in [4.78, 5) is 6.14. The number of fused-ring (bicyclic) bond motifs is 3. The number of thiophene rings is 1. The number of aromatic nitrogens is 3. The standard InChI is InChI=1S/C19H19FN4S/c1-9-6-7-14(8-15(9)20)17-16-10(2)12(4)25-19(16)24-13(5)22-23-18(24)11(3)21-17/h6-8,11H,1-5H3. The first-order chi connectivity index (χ1) is 11.9. The van der Waals surface area contributed by atoms with Gasteiger partial charge in [0.15, 0.2) is 5.82 Å². The average Bonchev–Trinajstić information content (AvgIpc) is 3.04. The van der Waals surface area contributed by atoms with Crippen molar-refractivity contribution in [3.8, 4) is 5.00 Å². The molecule has 1 aliphatic rings. The van der Waals surface area contributed by atoms with Gasteiger partial charge in [-0.1, -0.05) is 12.1 Å². The van der Waals surface area contributed by atoms with E-state index in [0.29, 0.717) is 5.56 Å². The number of halogens is 1. The molecule has 2 aromatic heterocycles. The SMILES string of the molecule is Cc1ccc(C2=NC(C)c3nnc(C)n3-c3sc(C)c(C)c32)cc1F. The largest absolute Gasteiger partial charge is 0.273 e. The van der Waals surface area contributed by atoms with Crippen molar-refractivity contribution in [1.82, 2.24) is 14.8 Å². The lowest BCUT2D eigenvalue weighted by atomic mass is 9.98. The zero-order valence-corrected chi connectivity index (χ0v) is 15.7. The maximum atomic E-state index is 14.2. The van der Waals surface area contributed by atoms with Gasteiger partial charge in [-0.05, 0) is 51.8 Å². The fourth-order valence-electron chi connectivity index (χ4n) is 3.22. The van der Waals surface area contributed by atoms with Crippen LogP contribution in [0.1, 0.15) is 51.7 Å². The highest BCUT2D eigenvalue weighted by molar-refractivity contribution is 7.15. The van der Waals surface area contributed by atoms with E-state index in [1.54, 1.807) is 24.3 Å². The van der Waals surface area contributed by atoms with E-state index in [0.717, 1.165) is 33.5 Å². The summed E-state index contributed by atoms with van der Waals surface area (Å²) in [7, 11) is 0. The second kappa shape index (κ2) is 5.59. The summed E-state index contributed by atoms with van der Waals surface area (Å²) in [6.07, 6.45) is 0. The van der Waals surface area contributed by atoms with Crippen LogP contribution in [0.25, 0.3) is 5.00 Å². The predicted molar refractivity (Wildman–Crippen MR) is 98.6 cm³/mol. The molecule has 0 saturated heterocycles. The Hall–Kier alpha value is -2.34. The minimum Gasteiger partial charge on any atom is -0.273 e. The van der Waals surface area contributed by atoms with Gasteiger partial charge in [-0.15, -0.1) is 21.5 Å². The molecule has 0 radical (unpaired) electrons. The second-order valence-electron chi connectivity index (χ2n) is 6.52. The van der Waals surface area contributed by atoms with Crippen molar-refractivity contribution in [2.24, 2.45) is 4.99 Å². The third-order valence-electron chi connectivity index (χ3n) is 4.80. The van der Waals surface area contributed by atoms with E-state index in [1.165, 1.54) is 10.4 Å². The van der Waals surface area contributed by atoms with Crippen molar-refractivity contribution in [1.29, 1.82) is 0 Å². The predicted octanol–water partition coefficient (Wildman–Crippen LogP) is 4.61. The molecule has 3 heterocycles. The molecule has 25 heavy (non-hydrogen) atoms. The minimum absolute atomic E-state index is 0.153. The van der Waals surface area contributed by atoms with Gasteiger partial charge in [0, 0.05) is 16.0 Å². The number of rotatable bonds is 1. The Bertz CT molecular complexity index is 1030. The van der Waals surface area contributed by atoms with E-state index < -0.39 is 0 Å². The fourth-order valence-corrected chi connectivity index (χ4v) is 4.43. The van der Waals surface area contributed by atoms with Crippen LogP contribution in [0.5, 0.6) is 0 Å². The summed E-state index contributed by atoms with van der Waals surface area (Å²) >= 11 is 1.71. The van der Waals surface area contributed by atoms with E-state index in [1.807, 2.05) is 26.0 Å². The van der Waals surface area contributed by atoms with Crippen molar-refractivity contribution in [3.05, 3.63) is 62.8 Å². The smallest absolute Gasteiger partial charge is 0.162 e. The van der Waals surface area contributed by atoms with E-state index in [-0.39, 0.29) is 11.9 Å². The zero-order valence-electron chi connectivity index (χ0n) is 14.9. The van der Waals surface area contributed by atoms with Crippen molar-refractivity contribution in [3.63, 3.8) is 0 Å². The van der Waals surface area contributed by atoms with Gasteiger partial charge in [-0.2, -0.15) is 0 Å². The van der Waals surface area contributed by atoms with E-state index >= 15 is 0 Å². The molecule has 1 atom stereocenters. The highest BCUT2D eigenvalue weighted by Crippen LogP contribution is 2.38. The topological polar surface area (TPSA) is 43.1 Å². The van der Waals surface area contributed by atoms with Gasteiger partial charge in [-0.25, -0.2) is 4.39 Å². The van der Waals surface area contributed by atoms with Crippen LogP contribution in [0.15, 0.2) is 23.2 Å². The Kier molecular flexibility index (Phi) is 3.61. The molecule has 0 N–H and O–H groups in total. The number of aliphatic imine (C=N–C) groups is 1. The van der Waals surface area contributed by atoms with E-state index in [9.17, 15) is 4.39 Å². The Labute approximate surface area is 150 Å². The quantitative estimate of drug-likeness (QED) is 0.640. The molecule has 4 rings (SSSR count). The van der Waals surface area contributed by atoms with Crippen LogP contribution in [0.4, 0.5) is 4.39 Å². The van der Waals surface area contributed by atoms with Crippen molar-refractivity contribution < 1.29 is 4.39 Å². The molecule has 6 heteroatoms. The van der Waals surface area contributed by atoms with E-state index in [2.05, 4.69) is 28.6 Å².